The molecule has 1 amide bonds. The maximum atomic E-state index is 14.4. The fraction of sp³-hybridized carbons (Fsp3) is 0.921. The van der Waals surface area contributed by atoms with E-state index < -0.39 is 65.7 Å². The number of aliphatic hydroxyl groups excluding tert-OH is 1. The Balaban J connectivity index is 1.45. The van der Waals surface area contributed by atoms with Crippen LogP contribution in [-0.2, 0) is 33.3 Å². The summed E-state index contributed by atoms with van der Waals surface area (Å²) in [5.74, 6) is -2.14. The number of rotatable bonds is 9. The van der Waals surface area contributed by atoms with Crippen molar-refractivity contribution in [3.05, 3.63) is 0 Å². The minimum Gasteiger partial charge on any atom is -0.457 e. The number of fused-ring (bicyclic) bond motifs is 1. The summed E-state index contributed by atoms with van der Waals surface area (Å²) in [7, 11) is 7.68. The number of aliphatic hydroxyl groups is 1. The molecule has 3 heterocycles. The van der Waals surface area contributed by atoms with Gasteiger partial charge in [0.15, 0.2) is 17.7 Å². The van der Waals surface area contributed by atoms with Crippen molar-refractivity contribution in [2.75, 3.05) is 41.3 Å². The van der Waals surface area contributed by atoms with E-state index >= 15 is 0 Å². The van der Waals surface area contributed by atoms with Crippen LogP contribution >= 0.6 is 0 Å². The molecule has 3 aliphatic carbocycles. The lowest BCUT2D eigenvalue weighted by atomic mass is 9.49. The van der Waals surface area contributed by atoms with Crippen molar-refractivity contribution in [2.24, 2.45) is 23.7 Å². The van der Waals surface area contributed by atoms with Crippen molar-refractivity contribution in [1.29, 1.82) is 0 Å². The van der Waals surface area contributed by atoms with Crippen LogP contribution in [0, 0.1) is 23.7 Å². The van der Waals surface area contributed by atoms with E-state index in [1.165, 1.54) is 19.3 Å². The van der Waals surface area contributed by atoms with E-state index in [2.05, 4.69) is 29.5 Å². The highest BCUT2D eigenvalue weighted by atomic mass is 16.7. The van der Waals surface area contributed by atoms with Gasteiger partial charge in [-0.25, -0.2) is 4.79 Å². The highest BCUT2D eigenvalue weighted by molar-refractivity contribution is 6.00. The van der Waals surface area contributed by atoms with Gasteiger partial charge in [-0.2, -0.15) is 0 Å². The van der Waals surface area contributed by atoms with Gasteiger partial charge in [0.25, 0.3) is 0 Å². The third-order valence-electron chi connectivity index (χ3n) is 13.3. The summed E-state index contributed by atoms with van der Waals surface area (Å²) < 4.78 is 31.8. The molecule has 6 aliphatic rings. The molecule has 292 valence electrons. The largest absolute Gasteiger partial charge is 0.457 e. The fourth-order valence-corrected chi connectivity index (χ4v) is 9.86. The third kappa shape index (κ3) is 7.59. The second kappa shape index (κ2) is 15.5. The number of hydrogen-bond acceptors (Lipinski definition) is 12. The second-order valence-electron chi connectivity index (χ2n) is 17.1. The molecule has 2 bridgehead atoms. The minimum atomic E-state index is -1.14. The standard InChI is InChI=1S/C38H66N4O9/c1-12-28-38(13-2)31(40-35(46)51-38)24(6)39-19-21(3)15-36(7,47-11)32(22(4)29(43)23(5)33(45)49-28)50-34-30(44)27(41(8)9)14-26(48-34)20-42(10)37-16-25(17-37)18-37/h21-28,30-32,34,39,44H,12-20H2,1-11H3,(H,40,46)/t21-,22+,23?,24-,25?,26?,27?,28-,30?,31-,32-,34?,36-,37?,38-/m1/s1. The Morgan fingerprint density at radius 1 is 1.02 bits per heavy atom. The predicted octanol–water partition coefficient (Wildman–Crippen LogP) is 3.11. The van der Waals surface area contributed by atoms with Crippen LogP contribution in [0.25, 0.3) is 0 Å². The molecule has 0 aromatic carbocycles. The van der Waals surface area contributed by atoms with Gasteiger partial charge in [0.2, 0.25) is 0 Å². The number of carbonyl (C=O) groups excluding carboxylic acids is 3. The van der Waals surface area contributed by atoms with Crippen LogP contribution in [0.15, 0.2) is 0 Å². The summed E-state index contributed by atoms with van der Waals surface area (Å²) in [6.45, 7) is 14.4. The van der Waals surface area contributed by atoms with E-state index in [0.717, 1.165) is 12.5 Å². The smallest absolute Gasteiger partial charge is 0.408 e. The molecular weight excluding hydrogens is 656 g/mol. The van der Waals surface area contributed by atoms with Crippen LogP contribution in [0.3, 0.4) is 0 Å². The zero-order valence-electron chi connectivity index (χ0n) is 32.9. The van der Waals surface area contributed by atoms with Crippen LogP contribution in [0.4, 0.5) is 4.79 Å². The molecule has 3 aliphatic heterocycles. The monoisotopic (exact) mass is 722 g/mol. The lowest BCUT2D eigenvalue weighted by Crippen LogP contribution is -2.68. The summed E-state index contributed by atoms with van der Waals surface area (Å²) in [6.07, 6.45) is 1.23. The Bertz CT molecular complexity index is 1250. The number of methoxy groups -OCH3 is 1. The van der Waals surface area contributed by atoms with E-state index in [1.54, 1.807) is 21.0 Å². The first kappa shape index (κ1) is 40.3. The Kier molecular flexibility index (Phi) is 12.2. The number of ketones is 1. The molecule has 13 nitrogen and oxygen atoms in total. The molecule has 6 fully saturated rings. The lowest BCUT2D eigenvalue weighted by Gasteiger charge is -2.66. The van der Waals surface area contributed by atoms with Gasteiger partial charge < -0.3 is 44.3 Å². The lowest BCUT2D eigenvalue weighted by molar-refractivity contribution is -0.301. The van der Waals surface area contributed by atoms with E-state index in [0.29, 0.717) is 32.2 Å². The number of esters is 1. The molecule has 0 aromatic rings. The number of alkyl carbamates (subject to hydrolysis) is 1. The minimum absolute atomic E-state index is 0.0309. The van der Waals surface area contributed by atoms with E-state index in [1.807, 2.05) is 46.7 Å². The van der Waals surface area contributed by atoms with E-state index in [4.69, 9.17) is 23.7 Å². The summed E-state index contributed by atoms with van der Waals surface area (Å²) >= 11 is 0. The van der Waals surface area contributed by atoms with Gasteiger partial charge in [-0.15, -0.1) is 0 Å². The van der Waals surface area contributed by atoms with Gasteiger partial charge in [0.05, 0.1) is 23.9 Å². The van der Waals surface area contributed by atoms with Gasteiger partial charge in [-0.3, -0.25) is 14.5 Å². The normalized spacial score (nSPS) is 46.6. The van der Waals surface area contributed by atoms with Gasteiger partial charge in [0.1, 0.15) is 18.1 Å². The molecule has 51 heavy (non-hydrogen) atoms. The average molecular weight is 723 g/mol. The van der Waals surface area contributed by atoms with Gasteiger partial charge in [-0.1, -0.05) is 27.7 Å². The molecule has 0 aromatic heterocycles. The number of hydrogen-bond donors (Lipinski definition) is 3. The maximum Gasteiger partial charge on any atom is 0.408 e. The highest BCUT2D eigenvalue weighted by Crippen LogP contribution is 2.60. The first-order chi connectivity index (χ1) is 23.9. The van der Waals surface area contributed by atoms with Crippen molar-refractivity contribution < 1.29 is 43.2 Å². The molecule has 5 unspecified atom stereocenters. The number of nitrogens with one attached hydrogen (secondary N) is 2. The van der Waals surface area contributed by atoms with Crippen LogP contribution < -0.4 is 10.6 Å². The van der Waals surface area contributed by atoms with Crippen LogP contribution in [0.2, 0.25) is 0 Å². The number of ether oxygens (including phenoxy) is 5. The molecule has 13 atom stereocenters. The molecule has 3 saturated heterocycles. The molecule has 13 heteroatoms. The number of cyclic esters (lactones) is 1. The topological polar surface area (TPSA) is 148 Å². The van der Waals surface area contributed by atoms with Crippen LogP contribution in [0.1, 0.15) is 93.4 Å². The maximum absolute atomic E-state index is 14.4. The zero-order valence-corrected chi connectivity index (χ0v) is 32.9. The SMILES string of the molecule is CC[C@H]1OC(=O)C(C)C(=O)[C@H](C)[C@@H](OC2OC(CN(C)C34CC(C3)C4)CC(N(C)C)C2O)[C@](C)(OC)C[C@@H](C)CN[C@H](C)[C@H]2NC(=O)O[C@@]21CC. The zero-order chi connectivity index (χ0) is 37.6. The number of Topliss-reactive ketones (excluding diaryl/α,β-unsaturated/α-hetero) is 1. The number of carbonyl (C=O) groups is 3. The molecule has 3 N–H and O–H groups in total. The number of nitrogens with zero attached hydrogens (tertiary/aromatic N) is 2. The summed E-state index contributed by atoms with van der Waals surface area (Å²) in [5, 5.41) is 18.3. The van der Waals surface area contributed by atoms with Crippen molar-refractivity contribution in [3.63, 3.8) is 0 Å². The Morgan fingerprint density at radius 2 is 1.69 bits per heavy atom. The Morgan fingerprint density at radius 3 is 2.24 bits per heavy atom. The molecule has 0 spiro atoms. The molecular formula is C38H66N4O9. The van der Waals surface area contributed by atoms with E-state index in [-0.39, 0.29) is 35.4 Å². The summed E-state index contributed by atoms with van der Waals surface area (Å²) in [4.78, 5) is 45.3. The second-order valence-corrected chi connectivity index (χ2v) is 17.1. The van der Waals surface area contributed by atoms with Crippen molar-refractivity contribution in [2.45, 2.75) is 159 Å². The quantitative estimate of drug-likeness (QED) is 0.237. The van der Waals surface area contributed by atoms with Crippen LogP contribution in [-0.4, -0.2) is 140 Å². The van der Waals surface area contributed by atoms with Crippen molar-refractivity contribution >= 4 is 17.8 Å². The summed E-state index contributed by atoms with van der Waals surface area (Å²) in [6, 6.07) is -0.935. The summed E-state index contributed by atoms with van der Waals surface area (Å²) in [5.41, 5.74) is -1.86. The highest BCUT2D eigenvalue weighted by Gasteiger charge is 2.60. The van der Waals surface area contributed by atoms with E-state index in [9.17, 15) is 19.5 Å². The van der Waals surface area contributed by atoms with Crippen molar-refractivity contribution in [3.8, 4) is 0 Å². The van der Waals surface area contributed by atoms with Gasteiger partial charge in [-0.05, 0) is 105 Å². The predicted molar refractivity (Wildman–Crippen MR) is 191 cm³/mol. The average Bonchev–Trinajstić information content (AvgIpc) is 3.39. The first-order valence-corrected chi connectivity index (χ1v) is 19.3. The number of likely N-dealkylation sites (N-methyl/N-ethyl adjacent to an activating group) is 2. The molecule has 0 radical (unpaired) electrons. The van der Waals surface area contributed by atoms with Gasteiger partial charge in [0, 0.05) is 37.2 Å². The van der Waals surface area contributed by atoms with Gasteiger partial charge >= 0.3 is 12.1 Å². The number of amides is 1. The van der Waals surface area contributed by atoms with Crippen LogP contribution in [0.5, 0.6) is 0 Å². The first-order valence-electron chi connectivity index (χ1n) is 19.3. The Hall–Kier alpha value is -1.87. The Labute approximate surface area is 305 Å². The molecule has 6 rings (SSSR count). The fourth-order valence-electron chi connectivity index (χ4n) is 9.86. The third-order valence-corrected chi connectivity index (χ3v) is 13.3. The molecule has 3 saturated carbocycles. The van der Waals surface area contributed by atoms with Crippen molar-refractivity contribution in [1.82, 2.24) is 20.4 Å².